The molecule has 2 saturated heterocycles. The largest absolute Gasteiger partial charge is 0.381 e. The third kappa shape index (κ3) is 2.37. The second kappa shape index (κ2) is 5.95. The first-order chi connectivity index (χ1) is 11.9. The Balaban J connectivity index is 1.41. The Morgan fingerprint density at radius 3 is 2.75 bits per heavy atom. The molecule has 1 aromatic carbocycles. The minimum Gasteiger partial charge on any atom is -0.381 e. The molecule has 0 aliphatic carbocycles. The molecule has 0 spiro atoms. The molecule has 0 unspecified atom stereocenters. The number of nitrogens with zero attached hydrogens (tertiary/aromatic N) is 4. The van der Waals surface area contributed by atoms with Gasteiger partial charge in [0.15, 0.2) is 0 Å². The molecule has 2 atom stereocenters. The van der Waals surface area contributed by atoms with Crippen LogP contribution in [0, 0.1) is 0 Å². The van der Waals surface area contributed by atoms with Gasteiger partial charge < -0.3 is 10.1 Å². The van der Waals surface area contributed by atoms with Crippen molar-refractivity contribution in [2.75, 3.05) is 26.3 Å². The summed E-state index contributed by atoms with van der Waals surface area (Å²) in [5.41, 5.74) is 3.39. The number of hydrogen-bond acceptors (Lipinski definition) is 5. The quantitative estimate of drug-likeness (QED) is 0.906. The number of rotatable bonds is 2. The number of aromatic nitrogens is 3. The fourth-order valence-electron chi connectivity index (χ4n) is 4.41. The zero-order valence-electron chi connectivity index (χ0n) is 13.8. The zero-order chi connectivity index (χ0) is 15.9. The van der Waals surface area contributed by atoms with E-state index in [4.69, 9.17) is 4.74 Å². The number of benzene rings is 1. The molecule has 6 nitrogen and oxygen atoms in total. The van der Waals surface area contributed by atoms with Crippen molar-refractivity contribution in [1.29, 1.82) is 0 Å². The monoisotopic (exact) mass is 325 g/mol. The first kappa shape index (κ1) is 14.6. The molecule has 0 radical (unpaired) electrons. The lowest BCUT2D eigenvalue weighted by Gasteiger charge is -2.30. The van der Waals surface area contributed by atoms with E-state index >= 15 is 0 Å². The molecule has 3 aliphatic heterocycles. The lowest BCUT2D eigenvalue weighted by Crippen LogP contribution is -2.43. The van der Waals surface area contributed by atoms with Gasteiger partial charge >= 0.3 is 0 Å². The molecule has 1 N–H and O–H groups in total. The molecule has 0 bridgehead atoms. The lowest BCUT2D eigenvalue weighted by molar-refractivity contribution is 0.0408. The standard InChI is InChI=1S/C18H23N5O/c1-2-4-13(5-3-1)18-16-10-19-15-11-22(14-6-8-24-9-7-14)12-17(15)23(16)21-20-18/h1-5,14-15,17,19H,6-12H2/t15-,17-/m1/s1. The number of likely N-dealkylation sites (tertiary alicyclic amines) is 1. The lowest BCUT2D eigenvalue weighted by atomic mass is 10.1. The SMILES string of the molecule is c1ccc(-c2nnn3c2CN[C@@H]2CN(C4CCOCC4)C[C@H]23)cc1. The van der Waals surface area contributed by atoms with E-state index in [1.807, 2.05) is 6.07 Å². The predicted molar refractivity (Wildman–Crippen MR) is 90.5 cm³/mol. The Bertz CT molecular complexity index is 709. The molecule has 4 heterocycles. The third-order valence-electron chi connectivity index (χ3n) is 5.71. The van der Waals surface area contributed by atoms with Crippen LogP contribution in [0.15, 0.2) is 30.3 Å². The van der Waals surface area contributed by atoms with Crippen LogP contribution in [0.5, 0.6) is 0 Å². The second-order valence-electron chi connectivity index (χ2n) is 7.05. The van der Waals surface area contributed by atoms with E-state index in [1.165, 1.54) is 5.69 Å². The van der Waals surface area contributed by atoms with Gasteiger partial charge in [-0.25, -0.2) is 4.68 Å². The van der Waals surface area contributed by atoms with Crippen LogP contribution in [0.4, 0.5) is 0 Å². The normalized spacial score (nSPS) is 27.8. The van der Waals surface area contributed by atoms with Crippen molar-refractivity contribution < 1.29 is 4.74 Å². The minimum atomic E-state index is 0.390. The summed E-state index contributed by atoms with van der Waals surface area (Å²) >= 11 is 0. The zero-order valence-corrected chi connectivity index (χ0v) is 13.8. The molecule has 2 aromatic rings. The number of ether oxygens (including phenoxy) is 1. The first-order valence-corrected chi connectivity index (χ1v) is 8.95. The van der Waals surface area contributed by atoms with Crippen molar-refractivity contribution in [3.8, 4) is 11.3 Å². The highest BCUT2D eigenvalue weighted by Crippen LogP contribution is 2.33. The van der Waals surface area contributed by atoms with Crippen LogP contribution in [0.3, 0.4) is 0 Å². The summed E-state index contributed by atoms with van der Waals surface area (Å²) in [6, 6.07) is 11.9. The Labute approximate surface area is 141 Å². The summed E-state index contributed by atoms with van der Waals surface area (Å²) < 4.78 is 7.70. The Morgan fingerprint density at radius 1 is 1.08 bits per heavy atom. The second-order valence-corrected chi connectivity index (χ2v) is 7.05. The smallest absolute Gasteiger partial charge is 0.117 e. The number of fused-ring (bicyclic) bond motifs is 3. The van der Waals surface area contributed by atoms with Gasteiger partial charge in [-0.15, -0.1) is 5.10 Å². The summed E-state index contributed by atoms with van der Waals surface area (Å²) in [5, 5.41) is 12.8. The molecular formula is C18H23N5O. The fraction of sp³-hybridized carbons (Fsp3) is 0.556. The molecule has 5 rings (SSSR count). The highest BCUT2D eigenvalue weighted by atomic mass is 16.5. The van der Waals surface area contributed by atoms with Crippen molar-refractivity contribution in [3.05, 3.63) is 36.0 Å². The maximum Gasteiger partial charge on any atom is 0.117 e. The summed E-state index contributed by atoms with van der Waals surface area (Å²) in [5.74, 6) is 0. The molecule has 0 saturated carbocycles. The first-order valence-electron chi connectivity index (χ1n) is 8.95. The Hall–Kier alpha value is -1.76. The minimum absolute atomic E-state index is 0.390. The maximum absolute atomic E-state index is 5.52. The van der Waals surface area contributed by atoms with E-state index < -0.39 is 0 Å². The van der Waals surface area contributed by atoms with Gasteiger partial charge in [0.05, 0.1) is 11.7 Å². The molecule has 0 amide bonds. The van der Waals surface area contributed by atoms with Crippen LogP contribution in [-0.2, 0) is 11.3 Å². The molecule has 126 valence electrons. The van der Waals surface area contributed by atoms with Crippen LogP contribution in [-0.4, -0.2) is 58.3 Å². The Kier molecular flexibility index (Phi) is 3.61. The van der Waals surface area contributed by atoms with Crippen molar-refractivity contribution in [1.82, 2.24) is 25.2 Å². The van der Waals surface area contributed by atoms with Crippen LogP contribution < -0.4 is 5.32 Å². The molecular weight excluding hydrogens is 302 g/mol. The van der Waals surface area contributed by atoms with E-state index in [1.54, 1.807) is 0 Å². The summed E-state index contributed by atoms with van der Waals surface area (Å²) in [7, 11) is 0. The topological polar surface area (TPSA) is 55.2 Å². The maximum atomic E-state index is 5.52. The number of nitrogens with one attached hydrogen (secondary N) is 1. The molecule has 2 fully saturated rings. The van der Waals surface area contributed by atoms with Crippen molar-refractivity contribution in [2.45, 2.75) is 37.5 Å². The van der Waals surface area contributed by atoms with Crippen molar-refractivity contribution >= 4 is 0 Å². The molecule has 1 aromatic heterocycles. The van der Waals surface area contributed by atoms with Gasteiger partial charge in [-0.3, -0.25) is 4.90 Å². The van der Waals surface area contributed by atoms with Crippen LogP contribution in [0.1, 0.15) is 24.6 Å². The molecule has 6 heteroatoms. The predicted octanol–water partition coefficient (Wildman–Crippen LogP) is 1.45. The van der Waals surface area contributed by atoms with Gasteiger partial charge in [-0.1, -0.05) is 35.5 Å². The van der Waals surface area contributed by atoms with Gasteiger partial charge in [-0.2, -0.15) is 0 Å². The van der Waals surface area contributed by atoms with E-state index in [2.05, 4.69) is 49.5 Å². The molecule has 3 aliphatic rings. The highest BCUT2D eigenvalue weighted by Gasteiger charge is 2.41. The van der Waals surface area contributed by atoms with Crippen molar-refractivity contribution in [3.63, 3.8) is 0 Å². The van der Waals surface area contributed by atoms with E-state index in [0.717, 1.165) is 56.9 Å². The van der Waals surface area contributed by atoms with Crippen LogP contribution in [0.2, 0.25) is 0 Å². The van der Waals surface area contributed by atoms with E-state index in [-0.39, 0.29) is 0 Å². The highest BCUT2D eigenvalue weighted by molar-refractivity contribution is 5.61. The van der Waals surface area contributed by atoms with Crippen LogP contribution >= 0.6 is 0 Å². The van der Waals surface area contributed by atoms with Gasteiger partial charge in [0.2, 0.25) is 0 Å². The average Bonchev–Trinajstić information content (AvgIpc) is 3.27. The van der Waals surface area contributed by atoms with E-state index in [0.29, 0.717) is 18.1 Å². The van der Waals surface area contributed by atoms with Gasteiger partial charge in [0.25, 0.3) is 0 Å². The summed E-state index contributed by atoms with van der Waals surface area (Å²) in [6.07, 6.45) is 2.30. The Morgan fingerprint density at radius 2 is 1.92 bits per heavy atom. The summed E-state index contributed by atoms with van der Waals surface area (Å²) in [4.78, 5) is 2.63. The van der Waals surface area contributed by atoms with E-state index in [9.17, 15) is 0 Å². The fourth-order valence-corrected chi connectivity index (χ4v) is 4.41. The van der Waals surface area contributed by atoms with Gasteiger partial charge in [0.1, 0.15) is 5.69 Å². The third-order valence-corrected chi connectivity index (χ3v) is 5.71. The van der Waals surface area contributed by atoms with Crippen molar-refractivity contribution in [2.24, 2.45) is 0 Å². The van der Waals surface area contributed by atoms with Crippen LogP contribution in [0.25, 0.3) is 11.3 Å². The van der Waals surface area contributed by atoms with Gasteiger partial charge in [0, 0.05) is 50.5 Å². The summed E-state index contributed by atoms with van der Waals surface area (Å²) in [6.45, 7) is 4.82. The number of hydrogen-bond donors (Lipinski definition) is 1. The molecule has 24 heavy (non-hydrogen) atoms. The average molecular weight is 325 g/mol. The van der Waals surface area contributed by atoms with Gasteiger partial charge in [-0.05, 0) is 12.8 Å².